The lowest BCUT2D eigenvalue weighted by molar-refractivity contribution is 0.494. The third-order valence-electron chi connectivity index (χ3n) is 7.47. The molecule has 2 aliphatic rings. The molecule has 0 unspecified atom stereocenters. The van der Waals surface area contributed by atoms with Crippen LogP contribution in [0.2, 0.25) is 0 Å². The van der Waals surface area contributed by atoms with Gasteiger partial charge in [0.15, 0.2) is 5.82 Å². The molecule has 1 saturated heterocycles. The first-order valence-electron chi connectivity index (χ1n) is 12.2. The van der Waals surface area contributed by atoms with Crippen molar-refractivity contribution in [1.82, 2.24) is 34.7 Å². The van der Waals surface area contributed by atoms with Gasteiger partial charge in [0.2, 0.25) is 0 Å². The Kier molecular flexibility index (Phi) is 4.46. The molecule has 7 nitrogen and oxygen atoms in total. The Bertz CT molecular complexity index is 1570. The number of aromatic nitrogens is 6. The van der Waals surface area contributed by atoms with Crippen molar-refractivity contribution in [2.75, 3.05) is 13.1 Å². The molecule has 1 aliphatic carbocycles. The van der Waals surface area contributed by atoms with Crippen molar-refractivity contribution < 1.29 is 0 Å². The number of hydrogen-bond donors (Lipinski definition) is 0. The van der Waals surface area contributed by atoms with E-state index < -0.39 is 0 Å². The van der Waals surface area contributed by atoms with Gasteiger partial charge in [-0.05, 0) is 55.0 Å². The van der Waals surface area contributed by atoms with Crippen LogP contribution in [0.4, 0.5) is 0 Å². The molecule has 3 aromatic heterocycles. The van der Waals surface area contributed by atoms with Gasteiger partial charge in [0.25, 0.3) is 5.78 Å². The second-order valence-corrected chi connectivity index (χ2v) is 9.59. The SMILES string of the molecule is C=C(c1ccc(-c2cnc3nnc(C4(c5ccc6ncccc6c5)CC4)n3n2)cc1)N1CCCC1. The summed E-state index contributed by atoms with van der Waals surface area (Å²) in [5.74, 6) is 1.38. The maximum absolute atomic E-state index is 4.94. The third kappa shape index (κ3) is 3.30. The molecule has 0 radical (unpaired) electrons. The van der Waals surface area contributed by atoms with E-state index in [0.717, 1.165) is 65.2 Å². The zero-order valence-electron chi connectivity index (χ0n) is 19.4. The molecule has 7 rings (SSSR count). The minimum absolute atomic E-state index is 0.186. The van der Waals surface area contributed by atoms with E-state index in [2.05, 4.69) is 80.2 Å². The molecular weight excluding hydrogens is 434 g/mol. The number of hydrogen-bond acceptors (Lipinski definition) is 6. The van der Waals surface area contributed by atoms with E-state index >= 15 is 0 Å². The van der Waals surface area contributed by atoms with Gasteiger partial charge in [-0.25, -0.2) is 4.98 Å². The Hall–Kier alpha value is -4.13. The molecule has 0 bridgehead atoms. The van der Waals surface area contributed by atoms with Gasteiger partial charge in [0, 0.05) is 35.9 Å². The lowest BCUT2D eigenvalue weighted by atomic mass is 9.94. The average Bonchev–Trinajstić information content (AvgIpc) is 3.32. The summed E-state index contributed by atoms with van der Waals surface area (Å²) in [7, 11) is 0. The Morgan fingerprint density at radius 3 is 2.54 bits per heavy atom. The quantitative estimate of drug-likeness (QED) is 0.373. The summed E-state index contributed by atoms with van der Waals surface area (Å²) >= 11 is 0. The van der Waals surface area contributed by atoms with Crippen LogP contribution in [0.3, 0.4) is 0 Å². The van der Waals surface area contributed by atoms with Crippen LogP contribution in [0, 0.1) is 0 Å². The fourth-order valence-electron chi connectivity index (χ4n) is 5.27. The molecule has 0 N–H and O–H groups in total. The highest BCUT2D eigenvalue weighted by Crippen LogP contribution is 2.53. The molecule has 0 spiro atoms. The highest BCUT2D eigenvalue weighted by molar-refractivity contribution is 5.79. The van der Waals surface area contributed by atoms with Crippen LogP contribution in [0.5, 0.6) is 0 Å². The molecule has 2 fully saturated rings. The van der Waals surface area contributed by atoms with E-state index in [-0.39, 0.29) is 5.41 Å². The highest BCUT2D eigenvalue weighted by atomic mass is 15.4. The van der Waals surface area contributed by atoms with E-state index in [0.29, 0.717) is 5.78 Å². The summed E-state index contributed by atoms with van der Waals surface area (Å²) in [6.45, 7) is 6.49. The number of pyridine rings is 1. The molecule has 4 heterocycles. The average molecular weight is 460 g/mol. The molecular formula is C28H25N7. The van der Waals surface area contributed by atoms with E-state index in [1.165, 1.54) is 18.4 Å². The minimum atomic E-state index is -0.186. The highest BCUT2D eigenvalue weighted by Gasteiger charge is 2.50. The molecule has 0 atom stereocenters. The summed E-state index contributed by atoms with van der Waals surface area (Å²) in [6, 6.07) is 19.0. The van der Waals surface area contributed by atoms with E-state index in [4.69, 9.17) is 5.10 Å². The Morgan fingerprint density at radius 2 is 1.74 bits per heavy atom. The van der Waals surface area contributed by atoms with Crippen LogP contribution >= 0.6 is 0 Å². The lowest BCUT2D eigenvalue weighted by Gasteiger charge is -2.20. The second-order valence-electron chi connectivity index (χ2n) is 9.59. The first kappa shape index (κ1) is 20.3. The third-order valence-corrected chi connectivity index (χ3v) is 7.47. The smallest absolute Gasteiger partial charge is 0.271 e. The summed E-state index contributed by atoms with van der Waals surface area (Å²) in [5, 5.41) is 15.0. The standard InChI is InChI=1S/C28H25N7/c1-19(34-15-2-3-16-34)20-6-8-21(9-7-20)25-18-30-27-32-31-26(35(27)33-25)28(12-13-28)23-10-11-24-22(17-23)5-4-14-29-24/h4-11,14,17-18H,1-3,12-13,15-16H2. The molecule has 5 aromatic rings. The van der Waals surface area contributed by atoms with Gasteiger partial charge < -0.3 is 4.90 Å². The topological polar surface area (TPSA) is 72.1 Å². The largest absolute Gasteiger partial charge is 0.372 e. The van der Waals surface area contributed by atoms with Gasteiger partial charge in [-0.1, -0.05) is 43.0 Å². The van der Waals surface area contributed by atoms with Gasteiger partial charge in [-0.15, -0.1) is 10.2 Å². The predicted octanol–water partition coefficient (Wildman–Crippen LogP) is 4.88. The predicted molar refractivity (Wildman–Crippen MR) is 136 cm³/mol. The van der Waals surface area contributed by atoms with Crippen molar-refractivity contribution in [3.63, 3.8) is 0 Å². The zero-order chi connectivity index (χ0) is 23.4. The van der Waals surface area contributed by atoms with Crippen LogP contribution in [0.15, 0.2) is 73.6 Å². The first-order chi connectivity index (χ1) is 17.2. The molecule has 7 heteroatoms. The zero-order valence-corrected chi connectivity index (χ0v) is 19.4. The Balaban J connectivity index is 1.24. The van der Waals surface area contributed by atoms with Crippen LogP contribution in [-0.2, 0) is 5.41 Å². The first-order valence-corrected chi connectivity index (χ1v) is 12.2. The maximum atomic E-state index is 4.94. The van der Waals surface area contributed by atoms with E-state index in [1.807, 2.05) is 16.8 Å². The van der Waals surface area contributed by atoms with Gasteiger partial charge in [0.05, 0.1) is 17.1 Å². The van der Waals surface area contributed by atoms with Crippen LogP contribution in [-0.4, -0.2) is 47.8 Å². The summed E-state index contributed by atoms with van der Waals surface area (Å²) in [5.41, 5.74) is 6.10. The number of nitrogens with zero attached hydrogens (tertiary/aromatic N) is 7. The van der Waals surface area contributed by atoms with Gasteiger partial charge >= 0.3 is 0 Å². The van der Waals surface area contributed by atoms with Crippen LogP contribution in [0.1, 0.15) is 42.6 Å². The van der Waals surface area contributed by atoms with E-state index in [9.17, 15) is 0 Å². The van der Waals surface area contributed by atoms with Crippen LogP contribution in [0.25, 0.3) is 33.6 Å². The second kappa shape index (κ2) is 7.70. The Morgan fingerprint density at radius 1 is 0.914 bits per heavy atom. The maximum Gasteiger partial charge on any atom is 0.271 e. The minimum Gasteiger partial charge on any atom is -0.372 e. The summed E-state index contributed by atoms with van der Waals surface area (Å²) < 4.78 is 1.83. The summed E-state index contributed by atoms with van der Waals surface area (Å²) in [4.78, 5) is 11.4. The monoisotopic (exact) mass is 459 g/mol. The normalized spacial score (nSPS) is 16.7. The number of benzene rings is 2. The molecule has 35 heavy (non-hydrogen) atoms. The number of likely N-dealkylation sites (tertiary alicyclic amines) is 1. The van der Waals surface area contributed by atoms with Crippen LogP contribution < -0.4 is 0 Å². The van der Waals surface area contributed by atoms with Crippen molar-refractivity contribution in [2.24, 2.45) is 0 Å². The summed E-state index contributed by atoms with van der Waals surface area (Å²) in [6.07, 6.45) is 8.11. The molecule has 2 aromatic carbocycles. The Labute approximate surface area is 203 Å². The molecule has 1 saturated carbocycles. The van der Waals surface area contributed by atoms with Gasteiger partial charge in [0.1, 0.15) is 5.69 Å². The molecule has 172 valence electrons. The lowest BCUT2D eigenvalue weighted by Crippen LogP contribution is -2.16. The van der Waals surface area contributed by atoms with Gasteiger partial charge in [-0.3, -0.25) is 4.98 Å². The van der Waals surface area contributed by atoms with Crippen molar-refractivity contribution in [1.29, 1.82) is 0 Å². The fourth-order valence-corrected chi connectivity index (χ4v) is 5.27. The fraction of sp³-hybridized carbons (Fsp3) is 0.250. The van der Waals surface area contributed by atoms with Crippen molar-refractivity contribution in [3.05, 3.63) is 90.5 Å². The van der Waals surface area contributed by atoms with Crippen molar-refractivity contribution >= 4 is 22.4 Å². The van der Waals surface area contributed by atoms with Crippen molar-refractivity contribution in [3.8, 4) is 11.3 Å². The molecule has 0 amide bonds. The number of rotatable bonds is 5. The van der Waals surface area contributed by atoms with Crippen molar-refractivity contribution in [2.45, 2.75) is 31.1 Å². The van der Waals surface area contributed by atoms with E-state index in [1.54, 1.807) is 6.20 Å². The van der Waals surface area contributed by atoms with Gasteiger partial charge in [-0.2, -0.15) is 9.61 Å². The number of fused-ring (bicyclic) bond motifs is 2. The molecule has 1 aliphatic heterocycles.